The molecule has 0 bridgehead atoms. The summed E-state index contributed by atoms with van der Waals surface area (Å²) >= 11 is 0. The van der Waals surface area contributed by atoms with Crippen LogP contribution in [0.2, 0.25) is 0 Å². The first-order valence-electron chi connectivity index (χ1n) is 7.06. The molecule has 5 nitrogen and oxygen atoms in total. The SMILES string of the molecule is CCCCN(C)c1ncnc(Nc2cc(F)ccc2F)c1N. The number of nitrogens with two attached hydrogens (primary N) is 1. The molecule has 0 fully saturated rings. The van der Waals surface area contributed by atoms with Gasteiger partial charge in [-0.1, -0.05) is 13.3 Å². The van der Waals surface area contributed by atoms with Gasteiger partial charge in [-0.2, -0.15) is 0 Å². The predicted octanol–water partition coefficient (Wildman–Crippen LogP) is 3.32. The first-order chi connectivity index (χ1) is 10.5. The fourth-order valence-electron chi connectivity index (χ4n) is 2.01. The fourth-order valence-corrected chi connectivity index (χ4v) is 2.01. The average Bonchev–Trinajstić information content (AvgIpc) is 2.50. The summed E-state index contributed by atoms with van der Waals surface area (Å²) in [5, 5.41) is 2.71. The van der Waals surface area contributed by atoms with Gasteiger partial charge in [-0.3, -0.25) is 0 Å². The Hall–Kier alpha value is -2.44. The molecule has 22 heavy (non-hydrogen) atoms. The minimum Gasteiger partial charge on any atom is -0.393 e. The maximum absolute atomic E-state index is 13.7. The number of hydrogen-bond acceptors (Lipinski definition) is 5. The molecular formula is C15H19F2N5. The number of aromatic nitrogens is 2. The van der Waals surface area contributed by atoms with Gasteiger partial charge in [0.25, 0.3) is 0 Å². The van der Waals surface area contributed by atoms with Crippen LogP contribution in [0.1, 0.15) is 19.8 Å². The van der Waals surface area contributed by atoms with Gasteiger partial charge in [0.2, 0.25) is 0 Å². The summed E-state index contributed by atoms with van der Waals surface area (Å²) in [6, 6.07) is 3.15. The second kappa shape index (κ2) is 7.02. The highest BCUT2D eigenvalue weighted by Gasteiger charge is 2.13. The number of unbranched alkanes of at least 4 members (excludes halogenated alkanes) is 1. The Kier molecular flexibility index (Phi) is 5.08. The molecule has 1 aromatic heterocycles. The zero-order chi connectivity index (χ0) is 16.1. The highest BCUT2D eigenvalue weighted by molar-refractivity contribution is 5.78. The van der Waals surface area contributed by atoms with Gasteiger partial charge >= 0.3 is 0 Å². The Bertz CT molecular complexity index is 648. The van der Waals surface area contributed by atoms with E-state index in [-0.39, 0.29) is 11.5 Å². The molecule has 0 radical (unpaired) electrons. The molecule has 1 aromatic carbocycles. The molecule has 0 saturated heterocycles. The van der Waals surface area contributed by atoms with Crippen molar-refractivity contribution in [1.29, 1.82) is 0 Å². The van der Waals surface area contributed by atoms with Crippen LogP contribution in [0.15, 0.2) is 24.5 Å². The predicted molar refractivity (Wildman–Crippen MR) is 84.3 cm³/mol. The van der Waals surface area contributed by atoms with Crippen LogP contribution in [-0.4, -0.2) is 23.6 Å². The lowest BCUT2D eigenvalue weighted by molar-refractivity contribution is 0.603. The lowest BCUT2D eigenvalue weighted by Gasteiger charge is -2.20. The van der Waals surface area contributed by atoms with Gasteiger partial charge < -0.3 is 16.0 Å². The number of nitrogen functional groups attached to an aromatic ring is 1. The van der Waals surface area contributed by atoms with Gasteiger partial charge in [0.05, 0.1) is 5.69 Å². The van der Waals surface area contributed by atoms with Crippen molar-refractivity contribution < 1.29 is 8.78 Å². The van der Waals surface area contributed by atoms with Crippen LogP contribution in [-0.2, 0) is 0 Å². The van der Waals surface area contributed by atoms with E-state index in [1.165, 1.54) is 6.33 Å². The van der Waals surface area contributed by atoms with Crippen molar-refractivity contribution in [3.05, 3.63) is 36.2 Å². The summed E-state index contributed by atoms with van der Waals surface area (Å²) in [4.78, 5) is 10.1. The van der Waals surface area contributed by atoms with E-state index in [9.17, 15) is 8.78 Å². The van der Waals surface area contributed by atoms with E-state index >= 15 is 0 Å². The van der Waals surface area contributed by atoms with Gasteiger partial charge in [0.1, 0.15) is 23.6 Å². The van der Waals surface area contributed by atoms with Crippen LogP contribution in [0.5, 0.6) is 0 Å². The Morgan fingerprint density at radius 2 is 2.05 bits per heavy atom. The van der Waals surface area contributed by atoms with Crippen LogP contribution < -0.4 is 16.0 Å². The van der Waals surface area contributed by atoms with Gasteiger partial charge in [0.15, 0.2) is 11.6 Å². The molecule has 118 valence electrons. The van der Waals surface area contributed by atoms with E-state index in [0.29, 0.717) is 11.5 Å². The zero-order valence-corrected chi connectivity index (χ0v) is 12.6. The standard InChI is InChI=1S/C15H19F2N5/c1-3-4-7-22(2)15-13(18)14(19-9-20-15)21-12-8-10(16)5-6-11(12)17/h5-6,8-9H,3-4,7,18H2,1-2H3,(H,19,20,21). The quantitative estimate of drug-likeness (QED) is 0.857. The Balaban J connectivity index is 2.27. The summed E-state index contributed by atoms with van der Waals surface area (Å²) in [7, 11) is 1.88. The smallest absolute Gasteiger partial charge is 0.159 e. The molecule has 7 heteroatoms. The molecule has 0 amide bonds. The molecule has 0 saturated carbocycles. The van der Waals surface area contributed by atoms with Crippen molar-refractivity contribution in [2.45, 2.75) is 19.8 Å². The van der Waals surface area contributed by atoms with Crippen molar-refractivity contribution in [3.63, 3.8) is 0 Å². The first kappa shape index (κ1) is 15.9. The second-order valence-electron chi connectivity index (χ2n) is 4.98. The summed E-state index contributed by atoms with van der Waals surface area (Å²) in [5.74, 6) is -0.322. The van der Waals surface area contributed by atoms with Crippen molar-refractivity contribution in [3.8, 4) is 0 Å². The maximum atomic E-state index is 13.7. The lowest BCUT2D eigenvalue weighted by Crippen LogP contribution is -2.21. The van der Waals surface area contributed by atoms with Crippen LogP contribution in [0, 0.1) is 11.6 Å². The third kappa shape index (κ3) is 3.60. The van der Waals surface area contributed by atoms with Crippen LogP contribution in [0.3, 0.4) is 0 Å². The zero-order valence-electron chi connectivity index (χ0n) is 12.6. The van der Waals surface area contributed by atoms with Crippen molar-refractivity contribution in [2.75, 3.05) is 29.5 Å². The van der Waals surface area contributed by atoms with E-state index in [1.54, 1.807) is 0 Å². The normalized spacial score (nSPS) is 10.5. The molecule has 0 atom stereocenters. The third-order valence-electron chi connectivity index (χ3n) is 3.25. The fraction of sp³-hybridized carbons (Fsp3) is 0.333. The number of rotatable bonds is 6. The number of nitrogens with zero attached hydrogens (tertiary/aromatic N) is 3. The molecule has 0 spiro atoms. The van der Waals surface area contributed by atoms with E-state index in [1.807, 2.05) is 11.9 Å². The van der Waals surface area contributed by atoms with Crippen molar-refractivity contribution in [1.82, 2.24) is 9.97 Å². The van der Waals surface area contributed by atoms with E-state index < -0.39 is 11.6 Å². The Labute approximate surface area is 128 Å². The molecule has 1 heterocycles. The van der Waals surface area contributed by atoms with Crippen molar-refractivity contribution >= 4 is 23.0 Å². The Morgan fingerprint density at radius 3 is 2.77 bits per heavy atom. The highest BCUT2D eigenvalue weighted by Crippen LogP contribution is 2.29. The average molecular weight is 307 g/mol. The second-order valence-corrected chi connectivity index (χ2v) is 4.98. The highest BCUT2D eigenvalue weighted by atomic mass is 19.1. The number of nitrogens with one attached hydrogen (secondary N) is 1. The van der Waals surface area contributed by atoms with Crippen LogP contribution >= 0.6 is 0 Å². The maximum Gasteiger partial charge on any atom is 0.159 e. The monoisotopic (exact) mass is 307 g/mol. The lowest BCUT2D eigenvalue weighted by atomic mass is 10.3. The summed E-state index contributed by atoms with van der Waals surface area (Å²) in [5.41, 5.74) is 6.32. The summed E-state index contributed by atoms with van der Waals surface area (Å²) in [6.45, 7) is 2.89. The molecule has 0 aliphatic heterocycles. The van der Waals surface area contributed by atoms with Crippen molar-refractivity contribution in [2.24, 2.45) is 0 Å². The number of benzene rings is 1. The molecule has 3 N–H and O–H groups in total. The largest absolute Gasteiger partial charge is 0.393 e. The molecule has 2 aromatic rings. The van der Waals surface area contributed by atoms with Gasteiger partial charge in [-0.05, 0) is 18.6 Å². The van der Waals surface area contributed by atoms with Gasteiger partial charge in [-0.25, -0.2) is 18.7 Å². The molecule has 0 unspecified atom stereocenters. The van der Waals surface area contributed by atoms with Crippen LogP contribution in [0.4, 0.5) is 31.8 Å². The van der Waals surface area contributed by atoms with E-state index in [4.69, 9.17) is 5.73 Å². The van der Waals surface area contributed by atoms with E-state index in [2.05, 4.69) is 22.2 Å². The van der Waals surface area contributed by atoms with Gasteiger partial charge in [-0.15, -0.1) is 0 Å². The number of halogens is 2. The minimum absolute atomic E-state index is 0.0208. The molecule has 0 aliphatic carbocycles. The summed E-state index contributed by atoms with van der Waals surface area (Å²) < 4.78 is 26.9. The van der Waals surface area contributed by atoms with Crippen LogP contribution in [0.25, 0.3) is 0 Å². The Morgan fingerprint density at radius 1 is 1.27 bits per heavy atom. The first-order valence-corrected chi connectivity index (χ1v) is 7.06. The number of anilines is 4. The molecule has 0 aliphatic rings. The third-order valence-corrected chi connectivity index (χ3v) is 3.25. The molecule has 2 rings (SSSR count). The molecular weight excluding hydrogens is 288 g/mol. The minimum atomic E-state index is -0.583. The summed E-state index contributed by atoms with van der Waals surface area (Å²) in [6.07, 6.45) is 3.39. The topological polar surface area (TPSA) is 67.1 Å². The van der Waals surface area contributed by atoms with Gasteiger partial charge in [0, 0.05) is 19.7 Å². The number of hydrogen-bond donors (Lipinski definition) is 2. The van der Waals surface area contributed by atoms with E-state index in [0.717, 1.165) is 37.6 Å².